The molecule has 2 atom stereocenters. The lowest BCUT2D eigenvalue weighted by atomic mass is 9.64. The molecule has 2 unspecified atom stereocenters. The summed E-state index contributed by atoms with van der Waals surface area (Å²) in [6, 6.07) is 14.5. The van der Waals surface area contributed by atoms with Crippen LogP contribution >= 0.6 is 0 Å². The molecule has 0 aliphatic heterocycles. The van der Waals surface area contributed by atoms with Crippen molar-refractivity contribution in [3.63, 3.8) is 0 Å². The van der Waals surface area contributed by atoms with Gasteiger partial charge in [0.05, 0.1) is 23.8 Å². The van der Waals surface area contributed by atoms with Gasteiger partial charge in [0.1, 0.15) is 5.75 Å². The minimum atomic E-state index is -0.625. The molecule has 6 heteroatoms. The highest BCUT2D eigenvalue weighted by Gasteiger charge is 2.71. The number of hydrogen-bond donors (Lipinski definition) is 1. The van der Waals surface area contributed by atoms with Crippen LogP contribution in [0.4, 0.5) is 5.69 Å². The van der Waals surface area contributed by atoms with Gasteiger partial charge in [-0.05, 0) is 49.4 Å². The summed E-state index contributed by atoms with van der Waals surface area (Å²) >= 11 is 0. The Kier molecular flexibility index (Phi) is 5.35. The molecule has 2 bridgehead atoms. The Balaban J connectivity index is 1.57. The third-order valence-corrected chi connectivity index (χ3v) is 8.02. The molecule has 0 radical (unpaired) electrons. The number of carbonyl (C=O) groups is 2. The van der Waals surface area contributed by atoms with E-state index in [9.17, 15) is 9.59 Å². The first-order chi connectivity index (χ1) is 15.1. The normalized spacial score (nSPS) is 26.7. The molecule has 6 nitrogen and oxygen atoms in total. The monoisotopic (exact) mass is 434 g/mol. The van der Waals surface area contributed by atoms with E-state index in [4.69, 9.17) is 9.57 Å². The number of nitrogens with zero attached hydrogens (tertiary/aromatic N) is 1. The van der Waals surface area contributed by atoms with Gasteiger partial charge in [0.15, 0.2) is 0 Å². The van der Waals surface area contributed by atoms with Crippen molar-refractivity contribution < 1.29 is 19.2 Å². The number of oxime groups is 1. The van der Waals surface area contributed by atoms with Crippen molar-refractivity contribution in [2.75, 3.05) is 12.4 Å². The second-order valence-electron chi connectivity index (χ2n) is 9.68. The van der Waals surface area contributed by atoms with Gasteiger partial charge in [0, 0.05) is 23.6 Å². The number of carbonyl (C=O) groups excluding carboxylic acids is 2. The zero-order valence-electron chi connectivity index (χ0n) is 19.3. The molecule has 32 heavy (non-hydrogen) atoms. The van der Waals surface area contributed by atoms with Gasteiger partial charge in [0.2, 0.25) is 5.91 Å². The minimum absolute atomic E-state index is 0.0328. The molecule has 0 heterocycles. The number of amides is 1. The quantitative estimate of drug-likeness (QED) is 0.507. The zero-order valence-corrected chi connectivity index (χ0v) is 19.3. The SMILES string of the molecule is COc1cccc(NC(=O)C23CCC(C)(C(=NOC(=O)c4ccc(C)cc4)C2)C3(C)C)c1. The van der Waals surface area contributed by atoms with E-state index in [1.54, 1.807) is 19.2 Å². The van der Waals surface area contributed by atoms with Gasteiger partial charge in [-0.2, -0.15) is 0 Å². The van der Waals surface area contributed by atoms with Crippen LogP contribution in [0, 0.1) is 23.2 Å². The Hall–Kier alpha value is -3.15. The molecule has 0 saturated heterocycles. The summed E-state index contributed by atoms with van der Waals surface area (Å²) in [5.41, 5.74) is 1.70. The maximum absolute atomic E-state index is 13.6. The Morgan fingerprint density at radius 1 is 1.03 bits per heavy atom. The zero-order chi connectivity index (χ0) is 23.1. The van der Waals surface area contributed by atoms with Crippen LogP contribution in [0.2, 0.25) is 0 Å². The first kappa shape index (κ1) is 22.1. The highest BCUT2D eigenvalue weighted by Crippen LogP contribution is 2.71. The fourth-order valence-electron chi connectivity index (χ4n) is 5.31. The number of aryl methyl sites for hydroxylation is 1. The Morgan fingerprint density at radius 2 is 1.75 bits per heavy atom. The number of anilines is 1. The van der Waals surface area contributed by atoms with Gasteiger partial charge in [-0.1, -0.05) is 49.7 Å². The Morgan fingerprint density at radius 3 is 2.44 bits per heavy atom. The summed E-state index contributed by atoms with van der Waals surface area (Å²) < 4.78 is 5.27. The molecule has 4 rings (SSSR count). The summed E-state index contributed by atoms with van der Waals surface area (Å²) in [6.45, 7) is 8.33. The van der Waals surface area contributed by atoms with E-state index in [0.29, 0.717) is 23.4 Å². The van der Waals surface area contributed by atoms with Crippen LogP contribution in [0.25, 0.3) is 0 Å². The van der Waals surface area contributed by atoms with Gasteiger partial charge in [-0.25, -0.2) is 4.79 Å². The van der Waals surface area contributed by atoms with Gasteiger partial charge < -0.3 is 14.9 Å². The Bertz CT molecular complexity index is 1090. The molecule has 0 spiro atoms. The molecular weight excluding hydrogens is 404 g/mol. The first-order valence-electron chi connectivity index (χ1n) is 10.9. The van der Waals surface area contributed by atoms with Crippen molar-refractivity contribution in [1.29, 1.82) is 0 Å². The molecule has 2 aliphatic rings. The van der Waals surface area contributed by atoms with Crippen molar-refractivity contribution in [1.82, 2.24) is 0 Å². The number of benzene rings is 2. The third kappa shape index (κ3) is 3.29. The molecule has 168 valence electrons. The topological polar surface area (TPSA) is 77.0 Å². The average molecular weight is 435 g/mol. The molecule has 2 aromatic rings. The summed E-state index contributed by atoms with van der Waals surface area (Å²) in [7, 11) is 1.60. The van der Waals surface area contributed by atoms with Crippen LogP contribution in [-0.2, 0) is 9.63 Å². The van der Waals surface area contributed by atoms with E-state index in [1.165, 1.54) is 0 Å². The van der Waals surface area contributed by atoms with Gasteiger partial charge in [-0.3, -0.25) is 4.79 Å². The molecule has 1 amide bonds. The summed E-state index contributed by atoms with van der Waals surface area (Å²) in [4.78, 5) is 31.4. The number of ether oxygens (including phenoxy) is 1. The summed E-state index contributed by atoms with van der Waals surface area (Å²) in [5.74, 6) is 0.165. The van der Waals surface area contributed by atoms with Crippen molar-refractivity contribution >= 4 is 23.3 Å². The van der Waals surface area contributed by atoms with E-state index in [-0.39, 0.29) is 16.7 Å². The van der Waals surface area contributed by atoms with Crippen LogP contribution < -0.4 is 10.1 Å². The predicted molar refractivity (Wildman–Crippen MR) is 124 cm³/mol. The van der Waals surface area contributed by atoms with Gasteiger partial charge >= 0.3 is 5.97 Å². The highest BCUT2D eigenvalue weighted by molar-refractivity contribution is 6.06. The van der Waals surface area contributed by atoms with Crippen molar-refractivity contribution in [2.24, 2.45) is 21.4 Å². The third-order valence-electron chi connectivity index (χ3n) is 8.02. The van der Waals surface area contributed by atoms with Crippen LogP contribution in [0.15, 0.2) is 53.7 Å². The van der Waals surface area contributed by atoms with Crippen molar-refractivity contribution in [3.8, 4) is 5.75 Å². The van der Waals surface area contributed by atoms with E-state index < -0.39 is 11.4 Å². The fraction of sp³-hybridized carbons (Fsp3) is 0.423. The minimum Gasteiger partial charge on any atom is -0.497 e. The molecule has 0 aromatic heterocycles. The largest absolute Gasteiger partial charge is 0.497 e. The van der Waals surface area contributed by atoms with Crippen LogP contribution in [0.3, 0.4) is 0 Å². The molecule has 2 aliphatic carbocycles. The predicted octanol–water partition coefficient (Wildman–Crippen LogP) is 5.37. The lowest BCUT2D eigenvalue weighted by molar-refractivity contribution is -0.130. The van der Waals surface area contributed by atoms with E-state index in [1.807, 2.05) is 43.3 Å². The standard InChI is InChI=1S/C26H30N2O4/c1-17-9-11-18(12-10-17)22(29)32-28-21-16-26(14-13-25(21,4)24(26,2)3)23(30)27-19-7-6-8-20(15-19)31-5/h6-12,15H,13-14,16H2,1-5H3,(H,27,30). The lowest BCUT2D eigenvalue weighted by Gasteiger charge is -2.39. The van der Waals surface area contributed by atoms with Crippen LogP contribution in [0.5, 0.6) is 5.75 Å². The number of nitrogens with one attached hydrogen (secondary N) is 1. The average Bonchev–Trinajstić information content (AvgIpc) is 3.08. The number of methoxy groups -OCH3 is 1. The van der Waals surface area contributed by atoms with Crippen molar-refractivity contribution in [3.05, 3.63) is 59.7 Å². The second-order valence-corrected chi connectivity index (χ2v) is 9.68. The maximum Gasteiger partial charge on any atom is 0.365 e. The number of fused-ring (bicyclic) bond motifs is 2. The Labute approximate surface area is 189 Å². The van der Waals surface area contributed by atoms with E-state index in [2.05, 4.69) is 31.2 Å². The number of hydrogen-bond acceptors (Lipinski definition) is 5. The number of rotatable bonds is 5. The summed E-state index contributed by atoms with van der Waals surface area (Å²) in [5, 5.41) is 7.39. The first-order valence-corrected chi connectivity index (χ1v) is 10.9. The fourth-order valence-corrected chi connectivity index (χ4v) is 5.31. The van der Waals surface area contributed by atoms with E-state index >= 15 is 0 Å². The molecule has 2 aromatic carbocycles. The molecule has 1 N–H and O–H groups in total. The lowest BCUT2D eigenvalue weighted by Crippen LogP contribution is -2.43. The van der Waals surface area contributed by atoms with Crippen LogP contribution in [0.1, 0.15) is 56.0 Å². The van der Waals surface area contributed by atoms with Gasteiger partial charge in [0.25, 0.3) is 0 Å². The van der Waals surface area contributed by atoms with E-state index in [0.717, 1.165) is 24.1 Å². The summed E-state index contributed by atoms with van der Waals surface area (Å²) in [6.07, 6.45) is 2.04. The highest BCUT2D eigenvalue weighted by atomic mass is 16.7. The van der Waals surface area contributed by atoms with Gasteiger partial charge in [-0.15, -0.1) is 0 Å². The van der Waals surface area contributed by atoms with Crippen molar-refractivity contribution in [2.45, 2.75) is 47.0 Å². The second kappa shape index (κ2) is 7.76. The maximum atomic E-state index is 13.6. The smallest absolute Gasteiger partial charge is 0.365 e. The molecular formula is C26H30N2O4. The van der Waals surface area contributed by atoms with Crippen LogP contribution in [-0.4, -0.2) is 24.7 Å². The molecule has 2 fully saturated rings. The molecule has 2 saturated carbocycles.